The molecule has 2 amide bonds. The summed E-state index contributed by atoms with van der Waals surface area (Å²) in [6, 6.07) is 19.2. The van der Waals surface area contributed by atoms with E-state index in [0.717, 1.165) is 5.56 Å². The smallest absolute Gasteiger partial charge is 0.338 e. The van der Waals surface area contributed by atoms with Crippen LogP contribution in [0.3, 0.4) is 0 Å². The van der Waals surface area contributed by atoms with Crippen LogP contribution < -0.4 is 19.5 Å². The van der Waals surface area contributed by atoms with Crippen LogP contribution in [0.4, 0.5) is 4.79 Å². The topological polar surface area (TPSA) is 100 Å². The van der Waals surface area contributed by atoms with Gasteiger partial charge in [-0.05, 0) is 65.6 Å². The molecule has 0 radical (unpaired) electrons. The van der Waals surface area contributed by atoms with Crippen molar-refractivity contribution in [3.05, 3.63) is 83.4 Å². The standard InChI is InChI=1S/C28H25NO7S/c1-33-22-12-18(13-23(16-22)34-2)14-24(27(31)35-3)19-6-10-21(11-7-19)36-20-8-4-17(5-9-20)15-25-26(30)29-28(32)37-25/h4-14,16,25H,15H2,1-3H3,(H,29,30,32)/b24-14+/t25-/m0/s1/i25D. The number of carbonyl (C=O) groups excluding carboxylic acids is 3. The predicted molar refractivity (Wildman–Crippen MR) is 141 cm³/mol. The molecule has 0 bridgehead atoms. The van der Waals surface area contributed by atoms with Crippen LogP contribution in [0.15, 0.2) is 66.7 Å². The average molecular weight is 521 g/mol. The lowest BCUT2D eigenvalue weighted by atomic mass is 10.0. The molecule has 1 N–H and O–H groups in total. The molecule has 3 aromatic rings. The number of methoxy groups -OCH3 is 3. The second-order valence-electron chi connectivity index (χ2n) is 7.91. The average Bonchev–Trinajstić information content (AvgIpc) is 3.18. The normalized spacial score (nSPS) is 17.6. The highest BCUT2D eigenvalue weighted by molar-refractivity contribution is 8.15. The number of hydrogen-bond donors (Lipinski definition) is 1. The van der Waals surface area contributed by atoms with Gasteiger partial charge in [-0.1, -0.05) is 36.0 Å². The van der Waals surface area contributed by atoms with Gasteiger partial charge in [-0.15, -0.1) is 0 Å². The highest BCUT2D eigenvalue weighted by atomic mass is 32.2. The Labute approximate surface area is 220 Å². The van der Waals surface area contributed by atoms with E-state index in [2.05, 4.69) is 5.32 Å². The molecule has 37 heavy (non-hydrogen) atoms. The number of imide groups is 1. The first-order valence-corrected chi connectivity index (χ1v) is 12.0. The lowest BCUT2D eigenvalue weighted by molar-refractivity contribution is -0.133. The van der Waals surface area contributed by atoms with Gasteiger partial charge in [-0.3, -0.25) is 14.9 Å². The maximum atomic E-state index is 12.6. The maximum absolute atomic E-state index is 12.6. The fraction of sp³-hybridized carbons (Fsp3) is 0.179. The molecule has 1 saturated heterocycles. The molecule has 0 aliphatic carbocycles. The second kappa shape index (κ2) is 11.7. The highest BCUT2D eigenvalue weighted by Crippen LogP contribution is 2.29. The number of ether oxygens (including phenoxy) is 4. The molecule has 0 spiro atoms. The van der Waals surface area contributed by atoms with Crippen LogP contribution in [0.2, 0.25) is 0 Å². The molecule has 0 aromatic heterocycles. The second-order valence-corrected chi connectivity index (χ2v) is 8.98. The number of esters is 1. The molecule has 0 saturated carbocycles. The van der Waals surface area contributed by atoms with Gasteiger partial charge in [-0.2, -0.15) is 0 Å². The molecule has 190 valence electrons. The van der Waals surface area contributed by atoms with Crippen molar-refractivity contribution in [2.45, 2.75) is 11.6 Å². The van der Waals surface area contributed by atoms with Crippen LogP contribution in [0.25, 0.3) is 11.6 Å². The Hall–Kier alpha value is -4.24. The lowest BCUT2D eigenvalue weighted by Gasteiger charge is -2.11. The van der Waals surface area contributed by atoms with E-state index in [0.29, 0.717) is 51.5 Å². The van der Waals surface area contributed by atoms with E-state index in [1.807, 2.05) is 0 Å². The molecular formula is C28H25NO7S. The predicted octanol–water partition coefficient (Wildman–Crippen LogP) is 5.10. The van der Waals surface area contributed by atoms with Crippen molar-refractivity contribution in [2.75, 3.05) is 21.3 Å². The molecule has 3 aromatic carbocycles. The van der Waals surface area contributed by atoms with Crippen molar-refractivity contribution in [3.8, 4) is 23.0 Å². The largest absolute Gasteiger partial charge is 0.497 e. The van der Waals surface area contributed by atoms with Crippen LogP contribution in [0.1, 0.15) is 18.1 Å². The first kappa shape index (κ1) is 24.5. The minimum Gasteiger partial charge on any atom is -0.497 e. The van der Waals surface area contributed by atoms with E-state index in [1.54, 1.807) is 87.0 Å². The maximum Gasteiger partial charge on any atom is 0.338 e. The van der Waals surface area contributed by atoms with Crippen LogP contribution in [0.5, 0.6) is 23.0 Å². The Bertz CT molecular complexity index is 1370. The number of rotatable bonds is 9. The Morgan fingerprint density at radius 3 is 2.03 bits per heavy atom. The van der Waals surface area contributed by atoms with Crippen LogP contribution in [-0.4, -0.2) is 43.7 Å². The fourth-order valence-corrected chi connectivity index (χ4v) is 4.36. The van der Waals surface area contributed by atoms with Crippen molar-refractivity contribution >= 4 is 40.5 Å². The van der Waals surface area contributed by atoms with Gasteiger partial charge < -0.3 is 18.9 Å². The molecule has 8 nitrogen and oxygen atoms in total. The lowest BCUT2D eigenvalue weighted by Crippen LogP contribution is -2.25. The third kappa shape index (κ3) is 6.50. The molecular weight excluding hydrogens is 494 g/mol. The Morgan fingerprint density at radius 1 is 0.919 bits per heavy atom. The van der Waals surface area contributed by atoms with Crippen molar-refractivity contribution in [3.63, 3.8) is 0 Å². The minimum atomic E-state index is -1.57. The number of nitrogens with one attached hydrogen (secondary N) is 1. The van der Waals surface area contributed by atoms with Crippen molar-refractivity contribution in [2.24, 2.45) is 0 Å². The SMILES string of the molecule is [2H][C@@]1(Cc2ccc(Oc3ccc(/C(=C\c4cc(OC)cc(OC)c4)C(=O)OC)cc3)cc2)SC(=O)NC1=O. The number of carbonyl (C=O) groups is 3. The van der Waals surface area contributed by atoms with Gasteiger partial charge in [0.25, 0.3) is 5.24 Å². The molecule has 1 aliphatic rings. The summed E-state index contributed by atoms with van der Waals surface area (Å²) < 4.78 is 29.8. The summed E-state index contributed by atoms with van der Waals surface area (Å²) >= 11 is 0.675. The van der Waals surface area contributed by atoms with E-state index in [9.17, 15) is 14.4 Å². The Morgan fingerprint density at radius 2 is 1.51 bits per heavy atom. The highest BCUT2D eigenvalue weighted by Gasteiger charge is 2.31. The number of hydrogen-bond acceptors (Lipinski definition) is 8. The fourth-order valence-electron chi connectivity index (χ4n) is 3.61. The quantitative estimate of drug-likeness (QED) is 0.236. The van der Waals surface area contributed by atoms with Gasteiger partial charge in [-0.25, -0.2) is 4.79 Å². The molecule has 1 fully saturated rings. The Balaban J connectivity index is 1.50. The van der Waals surface area contributed by atoms with Crippen LogP contribution in [-0.2, 0) is 20.7 Å². The van der Waals surface area contributed by atoms with Gasteiger partial charge in [0.05, 0.1) is 33.5 Å². The number of amides is 2. The van der Waals surface area contributed by atoms with Gasteiger partial charge in [0.1, 0.15) is 23.0 Å². The molecule has 9 heteroatoms. The van der Waals surface area contributed by atoms with Crippen LogP contribution >= 0.6 is 11.8 Å². The third-order valence-corrected chi connectivity index (χ3v) is 6.33. The first-order chi connectivity index (χ1) is 18.2. The Kier molecular flexibility index (Phi) is 7.71. The third-order valence-electron chi connectivity index (χ3n) is 5.46. The molecule has 1 aliphatic heterocycles. The molecule has 4 rings (SSSR count). The number of thioether (sulfide) groups is 1. The zero-order chi connectivity index (χ0) is 27.3. The number of benzene rings is 3. The van der Waals surface area contributed by atoms with Gasteiger partial charge in [0, 0.05) is 6.07 Å². The van der Waals surface area contributed by atoms with E-state index in [1.165, 1.54) is 7.11 Å². The summed E-state index contributed by atoms with van der Waals surface area (Å²) in [5.41, 5.74) is 2.40. The van der Waals surface area contributed by atoms with Crippen molar-refractivity contribution in [1.82, 2.24) is 5.32 Å². The van der Waals surface area contributed by atoms with Crippen molar-refractivity contribution in [1.29, 1.82) is 0 Å². The van der Waals surface area contributed by atoms with Gasteiger partial charge in [0.2, 0.25) is 5.91 Å². The zero-order valence-corrected chi connectivity index (χ0v) is 21.2. The first-order valence-electron chi connectivity index (χ1n) is 11.7. The summed E-state index contributed by atoms with van der Waals surface area (Å²) in [7, 11) is 4.43. The van der Waals surface area contributed by atoms with Gasteiger partial charge in [0.15, 0.2) is 0 Å². The molecule has 0 unspecified atom stereocenters. The van der Waals surface area contributed by atoms with Crippen LogP contribution in [0, 0.1) is 0 Å². The van der Waals surface area contributed by atoms with E-state index in [4.69, 9.17) is 20.3 Å². The van der Waals surface area contributed by atoms with E-state index in [-0.39, 0.29) is 6.42 Å². The summed E-state index contributed by atoms with van der Waals surface area (Å²) in [5.74, 6) is 1.16. The van der Waals surface area contributed by atoms with E-state index >= 15 is 0 Å². The zero-order valence-electron chi connectivity index (χ0n) is 21.4. The minimum absolute atomic E-state index is 0.0893. The monoisotopic (exact) mass is 520 g/mol. The molecule has 1 atom stereocenters. The van der Waals surface area contributed by atoms with E-state index < -0.39 is 22.3 Å². The summed E-state index contributed by atoms with van der Waals surface area (Å²) in [5, 5.41) is 0.0617. The van der Waals surface area contributed by atoms with Crippen molar-refractivity contribution < 1.29 is 34.7 Å². The summed E-state index contributed by atoms with van der Waals surface area (Å²) in [6.07, 6.45) is 1.78. The molecule has 1 heterocycles. The summed E-state index contributed by atoms with van der Waals surface area (Å²) in [4.78, 5) is 35.9. The van der Waals surface area contributed by atoms with Gasteiger partial charge >= 0.3 is 5.97 Å². The summed E-state index contributed by atoms with van der Waals surface area (Å²) in [6.45, 7) is 0.